The molecule has 0 radical (unpaired) electrons. The number of rotatable bonds is 7. The molecule has 0 atom stereocenters. The van der Waals surface area contributed by atoms with Crippen LogP contribution in [0.3, 0.4) is 0 Å². The minimum Gasteiger partial charge on any atom is -0.493 e. The van der Waals surface area contributed by atoms with Crippen LogP contribution < -0.4 is 25.0 Å². The summed E-state index contributed by atoms with van der Waals surface area (Å²) in [5, 5.41) is 11.7. The van der Waals surface area contributed by atoms with Gasteiger partial charge in [0, 0.05) is 35.2 Å². The van der Waals surface area contributed by atoms with Crippen molar-refractivity contribution >= 4 is 28.6 Å². The van der Waals surface area contributed by atoms with Gasteiger partial charge in [-0.1, -0.05) is 6.08 Å². The molecule has 1 aliphatic carbocycles. The van der Waals surface area contributed by atoms with E-state index < -0.39 is 5.91 Å². The summed E-state index contributed by atoms with van der Waals surface area (Å²) in [5.41, 5.74) is 2.61. The Morgan fingerprint density at radius 1 is 1.05 bits per heavy atom. The number of carbonyl (C=O) groups is 1. The number of methoxy groups -OCH3 is 2. The van der Waals surface area contributed by atoms with Crippen LogP contribution in [0.4, 0.5) is 5.69 Å². The Morgan fingerprint density at radius 2 is 1.79 bits per heavy atom. The Balaban J connectivity index is 1.38. The SMILES string of the molecule is COc1cc2nncc(Oc3ccc(NC(=O)c4cn(C(C)C)c5c(c4=O)CCC=C5)cc3)c2cc1OC. The highest BCUT2D eigenvalue weighted by atomic mass is 16.5. The summed E-state index contributed by atoms with van der Waals surface area (Å²) >= 11 is 0. The highest BCUT2D eigenvalue weighted by molar-refractivity contribution is 6.04. The maximum atomic E-state index is 13.1. The molecule has 0 spiro atoms. The smallest absolute Gasteiger partial charge is 0.261 e. The van der Waals surface area contributed by atoms with Crippen molar-refractivity contribution in [3.05, 3.63) is 81.9 Å². The van der Waals surface area contributed by atoms with E-state index >= 15 is 0 Å². The number of pyridine rings is 1. The van der Waals surface area contributed by atoms with Gasteiger partial charge in [0.05, 0.1) is 25.8 Å². The molecule has 1 aliphatic rings. The number of anilines is 1. The fourth-order valence-electron chi connectivity index (χ4n) is 4.52. The molecule has 0 saturated heterocycles. The maximum absolute atomic E-state index is 13.1. The van der Waals surface area contributed by atoms with Crippen molar-refractivity contribution in [3.63, 3.8) is 0 Å². The van der Waals surface area contributed by atoms with E-state index in [-0.39, 0.29) is 17.0 Å². The summed E-state index contributed by atoms with van der Waals surface area (Å²) in [5.74, 6) is 1.67. The summed E-state index contributed by atoms with van der Waals surface area (Å²) < 4.78 is 18.8. The number of benzene rings is 2. The highest BCUT2D eigenvalue weighted by Crippen LogP contribution is 2.36. The molecular formula is C29H28N4O5. The Labute approximate surface area is 219 Å². The number of allylic oxidation sites excluding steroid dienone is 1. The second-order valence-electron chi connectivity index (χ2n) is 9.19. The molecule has 1 amide bonds. The summed E-state index contributed by atoms with van der Waals surface area (Å²) in [4.78, 5) is 26.2. The zero-order valence-corrected chi connectivity index (χ0v) is 21.6. The predicted molar refractivity (Wildman–Crippen MR) is 146 cm³/mol. The third-order valence-corrected chi connectivity index (χ3v) is 6.46. The monoisotopic (exact) mass is 512 g/mol. The molecule has 0 bridgehead atoms. The van der Waals surface area contributed by atoms with Gasteiger partial charge >= 0.3 is 0 Å². The molecule has 4 aromatic rings. The van der Waals surface area contributed by atoms with Gasteiger partial charge in [-0.05, 0) is 63.1 Å². The van der Waals surface area contributed by atoms with E-state index in [0.29, 0.717) is 51.6 Å². The molecule has 0 unspecified atom stereocenters. The molecule has 38 heavy (non-hydrogen) atoms. The van der Waals surface area contributed by atoms with Crippen LogP contribution in [-0.4, -0.2) is 34.9 Å². The van der Waals surface area contributed by atoms with E-state index in [1.807, 2.05) is 24.5 Å². The molecule has 2 aromatic heterocycles. The van der Waals surface area contributed by atoms with Gasteiger partial charge < -0.3 is 24.1 Å². The van der Waals surface area contributed by atoms with Crippen molar-refractivity contribution < 1.29 is 19.0 Å². The molecule has 0 saturated carbocycles. The van der Waals surface area contributed by atoms with E-state index in [9.17, 15) is 9.59 Å². The lowest BCUT2D eigenvalue weighted by atomic mass is 9.98. The fraction of sp³-hybridized carbons (Fsp3) is 0.241. The van der Waals surface area contributed by atoms with Crippen LogP contribution in [0.1, 0.15) is 47.9 Å². The second kappa shape index (κ2) is 10.4. The van der Waals surface area contributed by atoms with Gasteiger partial charge in [-0.15, -0.1) is 0 Å². The number of aromatic nitrogens is 3. The number of carbonyl (C=O) groups excluding carboxylic acids is 1. The first-order chi connectivity index (χ1) is 18.4. The van der Waals surface area contributed by atoms with Gasteiger partial charge in [-0.3, -0.25) is 9.59 Å². The van der Waals surface area contributed by atoms with Gasteiger partial charge in [-0.25, -0.2) is 0 Å². The number of nitrogens with zero attached hydrogens (tertiary/aromatic N) is 3. The predicted octanol–water partition coefficient (Wildman–Crippen LogP) is 5.39. The second-order valence-corrected chi connectivity index (χ2v) is 9.19. The Kier molecular flexibility index (Phi) is 6.83. The zero-order valence-electron chi connectivity index (χ0n) is 21.6. The number of nitrogens with one attached hydrogen (secondary N) is 1. The van der Waals surface area contributed by atoms with Crippen LogP contribution in [0.15, 0.2) is 59.7 Å². The van der Waals surface area contributed by atoms with Crippen LogP contribution in [-0.2, 0) is 6.42 Å². The summed E-state index contributed by atoms with van der Waals surface area (Å²) in [6, 6.07) is 10.5. The van der Waals surface area contributed by atoms with E-state index in [2.05, 4.69) is 21.6 Å². The molecular weight excluding hydrogens is 484 g/mol. The maximum Gasteiger partial charge on any atom is 0.261 e. The van der Waals surface area contributed by atoms with Gasteiger partial charge in [0.15, 0.2) is 22.7 Å². The minimum absolute atomic E-state index is 0.106. The quantitative estimate of drug-likeness (QED) is 0.354. The molecule has 9 heteroatoms. The van der Waals surface area contributed by atoms with E-state index in [1.54, 1.807) is 56.8 Å². The van der Waals surface area contributed by atoms with E-state index in [4.69, 9.17) is 14.2 Å². The van der Waals surface area contributed by atoms with E-state index in [0.717, 1.165) is 12.1 Å². The lowest BCUT2D eigenvalue weighted by Gasteiger charge is -2.21. The molecule has 1 N–H and O–H groups in total. The molecule has 194 valence electrons. The van der Waals surface area contributed by atoms with E-state index in [1.165, 1.54) is 6.20 Å². The number of ether oxygens (including phenoxy) is 3. The average molecular weight is 513 g/mol. The van der Waals surface area contributed by atoms with Crippen LogP contribution >= 0.6 is 0 Å². The zero-order chi connectivity index (χ0) is 26.8. The largest absolute Gasteiger partial charge is 0.493 e. The van der Waals surface area contributed by atoms with Crippen molar-refractivity contribution in [1.29, 1.82) is 0 Å². The third kappa shape index (κ3) is 4.70. The topological polar surface area (TPSA) is 105 Å². The van der Waals surface area contributed by atoms with Crippen LogP contribution in [0.5, 0.6) is 23.0 Å². The molecule has 2 heterocycles. The van der Waals surface area contributed by atoms with Crippen molar-refractivity contribution in [1.82, 2.24) is 14.8 Å². The normalized spacial score (nSPS) is 12.3. The lowest BCUT2D eigenvalue weighted by Crippen LogP contribution is -2.29. The van der Waals surface area contributed by atoms with Gasteiger partial charge in [0.1, 0.15) is 16.8 Å². The molecule has 5 rings (SSSR count). The molecule has 9 nitrogen and oxygen atoms in total. The van der Waals surface area contributed by atoms with Gasteiger partial charge in [0.2, 0.25) is 0 Å². The number of hydrogen-bond acceptors (Lipinski definition) is 7. The summed E-state index contributed by atoms with van der Waals surface area (Å²) in [6.45, 7) is 4.06. The Bertz CT molecular complexity index is 1610. The Morgan fingerprint density at radius 3 is 2.50 bits per heavy atom. The standard InChI is InChI=1S/C29H28N4O5/c1-17(2)33-16-22(28(34)20-7-5-6-8-24(20)33)29(35)31-18-9-11-19(12-10-18)38-27-15-30-32-23-14-26(37-4)25(36-3)13-21(23)27/h6,8-17H,5,7H2,1-4H3,(H,31,35). The molecule has 0 fully saturated rings. The molecule has 0 aliphatic heterocycles. The summed E-state index contributed by atoms with van der Waals surface area (Å²) in [7, 11) is 3.12. The van der Waals surface area contributed by atoms with Crippen molar-refractivity contribution in [2.45, 2.75) is 32.7 Å². The fourth-order valence-corrected chi connectivity index (χ4v) is 4.52. The van der Waals surface area contributed by atoms with Crippen molar-refractivity contribution in [3.8, 4) is 23.0 Å². The highest BCUT2D eigenvalue weighted by Gasteiger charge is 2.21. The van der Waals surface area contributed by atoms with Crippen LogP contribution in [0, 0.1) is 0 Å². The minimum atomic E-state index is -0.444. The summed E-state index contributed by atoms with van der Waals surface area (Å²) in [6.07, 6.45) is 8.61. The number of hydrogen-bond donors (Lipinski definition) is 1. The third-order valence-electron chi connectivity index (χ3n) is 6.46. The lowest BCUT2D eigenvalue weighted by molar-refractivity contribution is 0.102. The molecule has 2 aromatic carbocycles. The number of amides is 1. The van der Waals surface area contributed by atoms with Crippen molar-refractivity contribution in [2.24, 2.45) is 0 Å². The van der Waals surface area contributed by atoms with Gasteiger partial charge in [0.25, 0.3) is 5.91 Å². The average Bonchev–Trinajstić information content (AvgIpc) is 2.93. The van der Waals surface area contributed by atoms with Crippen LogP contribution in [0.2, 0.25) is 0 Å². The number of fused-ring (bicyclic) bond motifs is 2. The Hall–Kier alpha value is -4.66. The first kappa shape index (κ1) is 25.0. The van der Waals surface area contributed by atoms with Crippen molar-refractivity contribution in [2.75, 3.05) is 19.5 Å². The first-order valence-corrected chi connectivity index (χ1v) is 12.3. The van der Waals surface area contributed by atoms with Gasteiger partial charge in [-0.2, -0.15) is 10.2 Å². The first-order valence-electron chi connectivity index (χ1n) is 12.3. The van der Waals surface area contributed by atoms with Crippen LogP contribution in [0.25, 0.3) is 17.0 Å².